The number of urea groups is 1. The lowest BCUT2D eigenvalue weighted by atomic mass is 9.92. The fourth-order valence-electron chi connectivity index (χ4n) is 3.44. The minimum absolute atomic E-state index is 0.142. The first-order valence-electron chi connectivity index (χ1n) is 7.92. The Morgan fingerprint density at radius 3 is 2.67 bits per heavy atom. The molecular formula is C15H26N2O4. The molecule has 0 aromatic rings. The van der Waals surface area contributed by atoms with E-state index in [1.165, 1.54) is 4.90 Å². The molecule has 2 saturated heterocycles. The third-order valence-corrected chi connectivity index (χ3v) is 4.72. The van der Waals surface area contributed by atoms with Crippen molar-refractivity contribution in [2.45, 2.75) is 45.1 Å². The fraction of sp³-hybridized carbons (Fsp3) is 0.867. The van der Waals surface area contributed by atoms with Gasteiger partial charge in [0.15, 0.2) is 0 Å². The molecule has 2 amide bonds. The highest BCUT2D eigenvalue weighted by Crippen LogP contribution is 2.26. The van der Waals surface area contributed by atoms with Crippen molar-refractivity contribution in [1.82, 2.24) is 9.80 Å². The number of aliphatic hydroxyl groups is 1. The van der Waals surface area contributed by atoms with E-state index in [1.807, 2.05) is 6.92 Å². The highest BCUT2D eigenvalue weighted by Gasteiger charge is 2.37. The number of likely N-dealkylation sites (tertiary alicyclic amines) is 2. The van der Waals surface area contributed by atoms with Crippen LogP contribution < -0.4 is 0 Å². The number of hydrogen-bond donors (Lipinski definition) is 2. The van der Waals surface area contributed by atoms with Crippen LogP contribution in [0.2, 0.25) is 0 Å². The van der Waals surface area contributed by atoms with Crippen LogP contribution in [0.3, 0.4) is 0 Å². The SMILES string of the molecule is CC1CCN(C(=O)N2CCCC(CCO)C2)C(C(=O)O)C1. The number of carbonyl (C=O) groups is 2. The second kappa shape index (κ2) is 7.11. The van der Waals surface area contributed by atoms with Gasteiger partial charge in [0.1, 0.15) is 6.04 Å². The maximum Gasteiger partial charge on any atom is 0.326 e. The molecule has 3 atom stereocenters. The van der Waals surface area contributed by atoms with Crippen LogP contribution in [0.1, 0.15) is 39.0 Å². The molecule has 2 aliphatic heterocycles. The van der Waals surface area contributed by atoms with Gasteiger partial charge >= 0.3 is 12.0 Å². The normalized spacial score (nSPS) is 30.3. The fourth-order valence-corrected chi connectivity index (χ4v) is 3.44. The summed E-state index contributed by atoms with van der Waals surface area (Å²) in [6.45, 7) is 4.04. The summed E-state index contributed by atoms with van der Waals surface area (Å²) in [4.78, 5) is 27.4. The van der Waals surface area contributed by atoms with Crippen molar-refractivity contribution >= 4 is 12.0 Å². The van der Waals surface area contributed by atoms with Crippen molar-refractivity contribution in [3.05, 3.63) is 0 Å². The summed E-state index contributed by atoms with van der Waals surface area (Å²) >= 11 is 0. The Bertz CT molecular complexity index is 386. The zero-order valence-corrected chi connectivity index (χ0v) is 12.7. The topological polar surface area (TPSA) is 81.1 Å². The number of aliphatic carboxylic acids is 1. The van der Waals surface area contributed by atoms with Crippen molar-refractivity contribution in [3.8, 4) is 0 Å². The second-order valence-electron chi connectivity index (χ2n) is 6.43. The van der Waals surface area contributed by atoms with Crippen molar-refractivity contribution in [2.75, 3.05) is 26.2 Å². The molecule has 2 rings (SSSR count). The molecule has 0 aliphatic carbocycles. The molecule has 0 aromatic carbocycles. The highest BCUT2D eigenvalue weighted by molar-refractivity contribution is 5.83. The van der Waals surface area contributed by atoms with E-state index in [1.54, 1.807) is 4.90 Å². The van der Waals surface area contributed by atoms with Gasteiger partial charge in [-0.3, -0.25) is 0 Å². The molecule has 0 saturated carbocycles. The van der Waals surface area contributed by atoms with E-state index < -0.39 is 12.0 Å². The molecule has 0 aromatic heterocycles. The maximum absolute atomic E-state index is 12.7. The maximum atomic E-state index is 12.7. The van der Waals surface area contributed by atoms with Gasteiger partial charge in [0.2, 0.25) is 0 Å². The second-order valence-corrected chi connectivity index (χ2v) is 6.43. The summed E-state index contributed by atoms with van der Waals surface area (Å²) < 4.78 is 0. The smallest absolute Gasteiger partial charge is 0.326 e. The average molecular weight is 298 g/mol. The van der Waals surface area contributed by atoms with E-state index >= 15 is 0 Å². The summed E-state index contributed by atoms with van der Waals surface area (Å²) in [6.07, 6.45) is 4.07. The molecule has 21 heavy (non-hydrogen) atoms. The zero-order chi connectivity index (χ0) is 15.4. The van der Waals surface area contributed by atoms with Crippen LogP contribution in [0.25, 0.3) is 0 Å². The number of aliphatic hydroxyl groups excluding tert-OH is 1. The summed E-state index contributed by atoms with van der Waals surface area (Å²) in [6, 6.07) is -0.837. The number of carbonyl (C=O) groups excluding carboxylic acids is 1. The lowest BCUT2D eigenvalue weighted by Crippen LogP contribution is -2.56. The lowest BCUT2D eigenvalue weighted by Gasteiger charge is -2.41. The number of hydrogen-bond acceptors (Lipinski definition) is 3. The Balaban J connectivity index is 2.01. The molecule has 2 aliphatic rings. The summed E-state index contributed by atoms with van der Waals surface area (Å²) in [7, 11) is 0. The number of nitrogens with zero attached hydrogens (tertiary/aromatic N) is 2. The number of piperidine rings is 2. The monoisotopic (exact) mass is 298 g/mol. The molecule has 6 heteroatoms. The largest absolute Gasteiger partial charge is 0.480 e. The zero-order valence-electron chi connectivity index (χ0n) is 12.7. The third-order valence-electron chi connectivity index (χ3n) is 4.72. The van der Waals surface area contributed by atoms with E-state index in [4.69, 9.17) is 5.11 Å². The summed E-state index contributed by atoms with van der Waals surface area (Å²) in [5.41, 5.74) is 0. The Morgan fingerprint density at radius 2 is 2.00 bits per heavy atom. The van der Waals surface area contributed by atoms with Gasteiger partial charge in [-0.2, -0.15) is 0 Å². The summed E-state index contributed by atoms with van der Waals surface area (Å²) in [5.74, 6) is -0.225. The van der Waals surface area contributed by atoms with Gasteiger partial charge in [-0.1, -0.05) is 6.92 Å². The Kier molecular flexibility index (Phi) is 5.45. The number of carboxylic acids is 1. The van der Waals surface area contributed by atoms with Crippen molar-refractivity contribution in [3.63, 3.8) is 0 Å². The van der Waals surface area contributed by atoms with Gasteiger partial charge in [0, 0.05) is 26.2 Å². The Morgan fingerprint density at radius 1 is 1.24 bits per heavy atom. The van der Waals surface area contributed by atoms with E-state index in [0.717, 1.165) is 19.3 Å². The van der Waals surface area contributed by atoms with Gasteiger partial charge in [0.05, 0.1) is 0 Å². The van der Waals surface area contributed by atoms with E-state index in [0.29, 0.717) is 44.3 Å². The predicted molar refractivity (Wildman–Crippen MR) is 77.9 cm³/mol. The van der Waals surface area contributed by atoms with Crippen LogP contribution in [-0.4, -0.2) is 64.3 Å². The lowest BCUT2D eigenvalue weighted by molar-refractivity contribution is -0.144. The van der Waals surface area contributed by atoms with Gasteiger partial charge in [0.25, 0.3) is 0 Å². The van der Waals surface area contributed by atoms with E-state index in [2.05, 4.69) is 0 Å². The van der Waals surface area contributed by atoms with Crippen LogP contribution in [-0.2, 0) is 4.79 Å². The standard InChI is InChI=1S/C15H26N2O4/c1-11-4-7-17(13(9-11)14(19)20)15(21)16-6-2-3-12(10-16)5-8-18/h11-13,18H,2-10H2,1H3,(H,19,20). The first-order valence-corrected chi connectivity index (χ1v) is 7.92. The first kappa shape index (κ1) is 16.1. The number of rotatable bonds is 3. The van der Waals surface area contributed by atoms with Crippen LogP contribution in [0.15, 0.2) is 0 Å². The Labute approximate surface area is 125 Å². The molecular weight excluding hydrogens is 272 g/mol. The average Bonchev–Trinajstić information content (AvgIpc) is 2.47. The molecule has 2 heterocycles. The molecule has 3 unspecified atom stereocenters. The predicted octanol–water partition coefficient (Wildman–Crippen LogP) is 1.39. The van der Waals surface area contributed by atoms with Gasteiger partial charge in [-0.15, -0.1) is 0 Å². The minimum atomic E-state index is -0.904. The van der Waals surface area contributed by atoms with Crippen molar-refractivity contribution in [1.29, 1.82) is 0 Å². The van der Waals surface area contributed by atoms with Gasteiger partial charge in [-0.25, -0.2) is 9.59 Å². The minimum Gasteiger partial charge on any atom is -0.480 e. The first-order chi connectivity index (χ1) is 10.0. The third kappa shape index (κ3) is 3.87. The van der Waals surface area contributed by atoms with Crippen LogP contribution in [0.5, 0.6) is 0 Å². The van der Waals surface area contributed by atoms with Gasteiger partial charge < -0.3 is 20.0 Å². The van der Waals surface area contributed by atoms with E-state index in [9.17, 15) is 14.7 Å². The molecule has 6 nitrogen and oxygen atoms in total. The van der Waals surface area contributed by atoms with E-state index in [-0.39, 0.29) is 12.6 Å². The number of carboxylic acid groups (broad SMARTS) is 1. The number of amides is 2. The highest BCUT2D eigenvalue weighted by atomic mass is 16.4. The molecule has 2 fully saturated rings. The van der Waals surface area contributed by atoms with Gasteiger partial charge in [-0.05, 0) is 43.9 Å². The van der Waals surface area contributed by atoms with Crippen molar-refractivity contribution < 1.29 is 19.8 Å². The quantitative estimate of drug-likeness (QED) is 0.825. The molecule has 2 N–H and O–H groups in total. The van der Waals surface area contributed by atoms with Crippen molar-refractivity contribution in [2.24, 2.45) is 11.8 Å². The van der Waals surface area contributed by atoms with Crippen LogP contribution in [0.4, 0.5) is 4.79 Å². The molecule has 0 bridgehead atoms. The molecule has 0 radical (unpaired) electrons. The molecule has 120 valence electrons. The Hall–Kier alpha value is -1.30. The molecule has 0 spiro atoms. The van der Waals surface area contributed by atoms with Crippen LogP contribution >= 0.6 is 0 Å². The van der Waals surface area contributed by atoms with Crippen LogP contribution in [0, 0.1) is 11.8 Å². The summed E-state index contributed by atoms with van der Waals surface area (Å²) in [5, 5.41) is 18.4.